The lowest BCUT2D eigenvalue weighted by Crippen LogP contribution is -2.17. The van der Waals surface area contributed by atoms with E-state index in [4.69, 9.17) is 11.6 Å². The van der Waals surface area contributed by atoms with Gasteiger partial charge in [-0.3, -0.25) is 4.79 Å². The highest BCUT2D eigenvalue weighted by atomic mass is 127. The molecule has 3 nitrogen and oxygen atoms in total. The number of halogens is 2. The first-order chi connectivity index (χ1) is 12.5. The molecule has 6 heteroatoms. The van der Waals surface area contributed by atoms with E-state index in [1.807, 2.05) is 48.5 Å². The van der Waals surface area contributed by atoms with Crippen LogP contribution in [0.3, 0.4) is 0 Å². The Hall–Kier alpha value is -1.44. The van der Waals surface area contributed by atoms with E-state index >= 15 is 0 Å². The van der Waals surface area contributed by atoms with Crippen molar-refractivity contribution in [2.75, 3.05) is 0 Å². The van der Waals surface area contributed by atoms with Crippen molar-refractivity contribution in [2.24, 2.45) is 4.99 Å². The van der Waals surface area contributed by atoms with Crippen LogP contribution in [-0.4, -0.2) is 10.5 Å². The van der Waals surface area contributed by atoms with Gasteiger partial charge in [-0.05, 0) is 65.8 Å². The molecule has 1 heterocycles. The standard InChI is InChI=1S/C20H18ClIN2OS/c1-3-17-18(13-9-11-14(21)12-10-13)24(4-2)20(26-17)23-19(25)15-7-5-6-8-16(15)22/h5-12H,3-4H2,1-2H3. The van der Waals surface area contributed by atoms with Crippen LogP contribution in [0.25, 0.3) is 11.3 Å². The Morgan fingerprint density at radius 3 is 2.46 bits per heavy atom. The molecule has 0 spiro atoms. The number of hydrogen-bond donors (Lipinski definition) is 0. The minimum Gasteiger partial charge on any atom is -0.316 e. The molecule has 3 rings (SSSR count). The summed E-state index contributed by atoms with van der Waals surface area (Å²) in [6, 6.07) is 15.3. The van der Waals surface area contributed by atoms with Crippen LogP contribution < -0.4 is 4.80 Å². The first-order valence-electron chi connectivity index (χ1n) is 8.37. The van der Waals surface area contributed by atoms with Crippen LogP contribution in [0.5, 0.6) is 0 Å². The Morgan fingerprint density at radius 2 is 1.85 bits per heavy atom. The first-order valence-corrected chi connectivity index (χ1v) is 10.6. The second kappa shape index (κ2) is 8.50. The Morgan fingerprint density at radius 1 is 1.15 bits per heavy atom. The molecule has 26 heavy (non-hydrogen) atoms. The molecule has 0 aliphatic carbocycles. The largest absolute Gasteiger partial charge is 0.316 e. The molecule has 1 amide bonds. The van der Waals surface area contributed by atoms with Crippen molar-refractivity contribution in [3.05, 3.63) is 72.4 Å². The molecule has 1 aromatic heterocycles. The molecular weight excluding hydrogens is 479 g/mol. The van der Waals surface area contributed by atoms with Gasteiger partial charge in [-0.2, -0.15) is 4.99 Å². The van der Waals surface area contributed by atoms with E-state index < -0.39 is 0 Å². The Balaban J connectivity index is 2.15. The van der Waals surface area contributed by atoms with Crippen LogP contribution in [0.15, 0.2) is 53.5 Å². The van der Waals surface area contributed by atoms with E-state index in [0.717, 1.165) is 32.6 Å². The molecule has 0 unspecified atom stereocenters. The molecule has 0 aliphatic heterocycles. The quantitative estimate of drug-likeness (QED) is 0.421. The molecule has 0 bridgehead atoms. The monoisotopic (exact) mass is 496 g/mol. The summed E-state index contributed by atoms with van der Waals surface area (Å²) in [6.07, 6.45) is 0.884. The van der Waals surface area contributed by atoms with Crippen molar-refractivity contribution in [1.29, 1.82) is 0 Å². The van der Waals surface area contributed by atoms with Crippen molar-refractivity contribution in [3.8, 4) is 11.3 Å². The lowest BCUT2D eigenvalue weighted by Gasteiger charge is -2.08. The summed E-state index contributed by atoms with van der Waals surface area (Å²) in [7, 11) is 0. The summed E-state index contributed by atoms with van der Waals surface area (Å²) in [5.74, 6) is -0.205. The number of amides is 1. The van der Waals surface area contributed by atoms with Crippen molar-refractivity contribution in [1.82, 2.24) is 4.57 Å². The predicted octanol–water partition coefficient (Wildman–Crippen LogP) is 5.80. The van der Waals surface area contributed by atoms with Crippen LogP contribution in [-0.2, 0) is 13.0 Å². The van der Waals surface area contributed by atoms with Gasteiger partial charge in [0.2, 0.25) is 0 Å². The summed E-state index contributed by atoms with van der Waals surface area (Å²) in [5, 5.41) is 0.712. The lowest BCUT2D eigenvalue weighted by molar-refractivity contribution is 0.0997. The third kappa shape index (κ3) is 3.94. The minimum atomic E-state index is -0.205. The van der Waals surface area contributed by atoms with E-state index in [0.29, 0.717) is 10.6 Å². The van der Waals surface area contributed by atoms with E-state index in [1.54, 1.807) is 11.3 Å². The van der Waals surface area contributed by atoms with E-state index in [2.05, 4.69) is 46.0 Å². The molecule has 0 saturated carbocycles. The highest BCUT2D eigenvalue weighted by molar-refractivity contribution is 14.1. The van der Waals surface area contributed by atoms with Crippen molar-refractivity contribution in [2.45, 2.75) is 26.8 Å². The number of aryl methyl sites for hydroxylation is 1. The van der Waals surface area contributed by atoms with Gasteiger partial charge in [0.05, 0.1) is 11.3 Å². The van der Waals surface area contributed by atoms with Gasteiger partial charge in [0.15, 0.2) is 4.80 Å². The lowest BCUT2D eigenvalue weighted by atomic mass is 10.1. The topological polar surface area (TPSA) is 34.4 Å². The number of carbonyl (C=O) groups excluding carboxylic acids is 1. The molecule has 0 N–H and O–H groups in total. The van der Waals surface area contributed by atoms with Crippen LogP contribution in [0.2, 0.25) is 5.02 Å². The zero-order chi connectivity index (χ0) is 18.7. The number of thiazole rings is 1. The normalized spacial score (nSPS) is 11.8. The smallest absolute Gasteiger partial charge is 0.280 e. The summed E-state index contributed by atoms with van der Waals surface area (Å²) >= 11 is 9.78. The van der Waals surface area contributed by atoms with Gasteiger partial charge in [-0.25, -0.2) is 0 Å². The van der Waals surface area contributed by atoms with E-state index in [-0.39, 0.29) is 5.91 Å². The van der Waals surface area contributed by atoms with Gasteiger partial charge in [0, 0.05) is 20.0 Å². The zero-order valence-corrected chi connectivity index (χ0v) is 18.2. The third-order valence-electron chi connectivity index (χ3n) is 4.04. The zero-order valence-electron chi connectivity index (χ0n) is 14.5. The van der Waals surface area contributed by atoms with Gasteiger partial charge in [0.1, 0.15) is 0 Å². The summed E-state index contributed by atoms with van der Waals surface area (Å²) in [6.45, 7) is 4.94. The SMILES string of the molecule is CCc1sc(=NC(=O)c2ccccc2I)n(CC)c1-c1ccc(Cl)cc1. The molecule has 134 valence electrons. The van der Waals surface area contributed by atoms with Crippen LogP contribution >= 0.6 is 45.5 Å². The maximum absolute atomic E-state index is 12.7. The van der Waals surface area contributed by atoms with E-state index in [9.17, 15) is 4.79 Å². The Labute approximate surface area is 175 Å². The number of rotatable bonds is 4. The van der Waals surface area contributed by atoms with Gasteiger partial charge >= 0.3 is 0 Å². The van der Waals surface area contributed by atoms with Crippen molar-refractivity contribution < 1.29 is 4.79 Å². The van der Waals surface area contributed by atoms with Crippen LogP contribution in [0.1, 0.15) is 29.1 Å². The Kier molecular flexibility index (Phi) is 6.32. The Bertz CT molecular complexity index is 1010. The van der Waals surface area contributed by atoms with Crippen molar-refractivity contribution in [3.63, 3.8) is 0 Å². The molecule has 2 aromatic carbocycles. The van der Waals surface area contributed by atoms with Gasteiger partial charge < -0.3 is 4.57 Å². The maximum atomic E-state index is 12.7. The first kappa shape index (κ1) is 19.3. The van der Waals surface area contributed by atoms with Crippen LogP contribution in [0.4, 0.5) is 0 Å². The average Bonchev–Trinajstić information content (AvgIpc) is 3.00. The molecule has 0 fully saturated rings. The van der Waals surface area contributed by atoms with E-state index in [1.165, 1.54) is 4.88 Å². The molecule has 3 aromatic rings. The number of hydrogen-bond acceptors (Lipinski definition) is 2. The number of nitrogens with zero attached hydrogens (tertiary/aromatic N) is 2. The molecule has 0 aliphatic rings. The molecular formula is C20H18ClIN2OS. The number of aromatic nitrogens is 1. The van der Waals surface area contributed by atoms with Gasteiger partial charge in [-0.15, -0.1) is 11.3 Å². The fourth-order valence-corrected chi connectivity index (χ4v) is 4.67. The van der Waals surface area contributed by atoms with Gasteiger partial charge in [0.25, 0.3) is 5.91 Å². The predicted molar refractivity (Wildman–Crippen MR) is 117 cm³/mol. The highest BCUT2D eigenvalue weighted by Gasteiger charge is 2.15. The third-order valence-corrected chi connectivity index (χ3v) is 6.45. The second-order valence-electron chi connectivity index (χ2n) is 5.66. The highest BCUT2D eigenvalue weighted by Crippen LogP contribution is 2.27. The number of benzene rings is 2. The summed E-state index contributed by atoms with van der Waals surface area (Å²) in [5.41, 5.74) is 2.84. The fraction of sp³-hybridized carbons (Fsp3) is 0.200. The minimum absolute atomic E-state index is 0.205. The second-order valence-corrected chi connectivity index (χ2v) is 8.32. The average molecular weight is 497 g/mol. The van der Waals surface area contributed by atoms with Crippen molar-refractivity contribution >= 4 is 51.4 Å². The molecule has 0 saturated heterocycles. The molecule has 0 atom stereocenters. The molecule has 0 radical (unpaired) electrons. The van der Waals surface area contributed by atoms with Crippen LogP contribution in [0, 0.1) is 3.57 Å². The van der Waals surface area contributed by atoms with Gasteiger partial charge in [-0.1, -0.05) is 42.8 Å². The number of carbonyl (C=O) groups is 1. The summed E-state index contributed by atoms with van der Waals surface area (Å²) < 4.78 is 3.02. The maximum Gasteiger partial charge on any atom is 0.280 e. The fourth-order valence-electron chi connectivity index (χ4n) is 2.78. The summed E-state index contributed by atoms with van der Waals surface area (Å²) in [4.78, 5) is 19.1.